The Hall–Kier alpha value is -0.0900. The Morgan fingerprint density at radius 2 is 2.31 bits per heavy atom. The largest absolute Gasteiger partial charge is 0.382 e. The standard InChI is InChI=1S/C12H20ClNOS/c1-3-14-11(6-5-8-15-4-2)12-10(13)7-9-16-12/h7,9,11,14H,3-6,8H2,1-2H3. The van der Waals surface area contributed by atoms with Gasteiger partial charge in [-0.3, -0.25) is 0 Å². The van der Waals surface area contributed by atoms with Crippen molar-refractivity contribution in [1.82, 2.24) is 5.32 Å². The van der Waals surface area contributed by atoms with Gasteiger partial charge >= 0.3 is 0 Å². The van der Waals surface area contributed by atoms with Crippen LogP contribution in [0.2, 0.25) is 5.02 Å². The van der Waals surface area contributed by atoms with Crippen molar-refractivity contribution >= 4 is 22.9 Å². The molecule has 0 aliphatic heterocycles. The van der Waals surface area contributed by atoms with E-state index in [4.69, 9.17) is 16.3 Å². The molecule has 1 rings (SSSR count). The van der Waals surface area contributed by atoms with E-state index < -0.39 is 0 Å². The number of hydrogen-bond donors (Lipinski definition) is 1. The highest BCUT2D eigenvalue weighted by Crippen LogP contribution is 2.31. The lowest BCUT2D eigenvalue weighted by atomic mass is 10.1. The maximum absolute atomic E-state index is 6.15. The van der Waals surface area contributed by atoms with E-state index in [1.165, 1.54) is 4.88 Å². The highest BCUT2D eigenvalue weighted by Gasteiger charge is 2.14. The van der Waals surface area contributed by atoms with Crippen LogP contribution in [0.4, 0.5) is 0 Å². The van der Waals surface area contributed by atoms with Crippen molar-refractivity contribution in [3.63, 3.8) is 0 Å². The number of rotatable bonds is 8. The van der Waals surface area contributed by atoms with Gasteiger partial charge in [-0.1, -0.05) is 18.5 Å². The van der Waals surface area contributed by atoms with Crippen LogP contribution >= 0.6 is 22.9 Å². The average molecular weight is 262 g/mol. The molecule has 0 amide bonds. The summed E-state index contributed by atoms with van der Waals surface area (Å²) in [5.74, 6) is 0. The van der Waals surface area contributed by atoms with Gasteiger partial charge in [0.05, 0.1) is 5.02 Å². The number of ether oxygens (including phenoxy) is 1. The van der Waals surface area contributed by atoms with Gasteiger partial charge in [0, 0.05) is 24.1 Å². The molecular weight excluding hydrogens is 242 g/mol. The average Bonchev–Trinajstić information content (AvgIpc) is 2.69. The Labute approximate surface area is 107 Å². The maximum Gasteiger partial charge on any atom is 0.0561 e. The Morgan fingerprint density at radius 1 is 1.50 bits per heavy atom. The molecule has 4 heteroatoms. The summed E-state index contributed by atoms with van der Waals surface area (Å²) in [7, 11) is 0. The normalized spacial score (nSPS) is 12.9. The summed E-state index contributed by atoms with van der Waals surface area (Å²) in [4.78, 5) is 1.25. The van der Waals surface area contributed by atoms with Gasteiger partial charge in [0.25, 0.3) is 0 Å². The van der Waals surface area contributed by atoms with E-state index in [0.29, 0.717) is 6.04 Å². The molecule has 2 nitrogen and oxygen atoms in total. The van der Waals surface area contributed by atoms with Crippen molar-refractivity contribution in [2.24, 2.45) is 0 Å². The highest BCUT2D eigenvalue weighted by molar-refractivity contribution is 7.10. The van der Waals surface area contributed by atoms with Crippen molar-refractivity contribution in [3.8, 4) is 0 Å². The van der Waals surface area contributed by atoms with Gasteiger partial charge in [-0.05, 0) is 37.8 Å². The van der Waals surface area contributed by atoms with Crippen LogP contribution in [0.1, 0.15) is 37.6 Å². The zero-order chi connectivity index (χ0) is 11.8. The second-order valence-electron chi connectivity index (χ2n) is 3.58. The minimum Gasteiger partial charge on any atom is -0.382 e. The molecule has 1 atom stereocenters. The van der Waals surface area contributed by atoms with Gasteiger partial charge in [0.15, 0.2) is 0 Å². The van der Waals surface area contributed by atoms with E-state index in [-0.39, 0.29) is 0 Å². The first-order valence-electron chi connectivity index (χ1n) is 5.83. The van der Waals surface area contributed by atoms with E-state index in [0.717, 1.165) is 37.6 Å². The third-order valence-electron chi connectivity index (χ3n) is 2.40. The molecule has 0 aliphatic carbocycles. The van der Waals surface area contributed by atoms with E-state index in [1.54, 1.807) is 11.3 Å². The molecule has 0 bridgehead atoms. The predicted octanol–water partition coefficient (Wildman–Crippen LogP) is 3.87. The fourth-order valence-corrected chi connectivity index (χ4v) is 2.96. The summed E-state index contributed by atoms with van der Waals surface area (Å²) in [6.45, 7) is 6.75. The van der Waals surface area contributed by atoms with E-state index in [2.05, 4.69) is 12.2 Å². The Balaban J connectivity index is 2.45. The van der Waals surface area contributed by atoms with Gasteiger partial charge in [0.2, 0.25) is 0 Å². The molecule has 0 aliphatic rings. The first-order chi connectivity index (χ1) is 7.79. The van der Waals surface area contributed by atoms with Crippen molar-refractivity contribution in [3.05, 3.63) is 21.3 Å². The molecule has 1 heterocycles. The summed E-state index contributed by atoms with van der Waals surface area (Å²) in [5.41, 5.74) is 0. The van der Waals surface area contributed by atoms with Crippen molar-refractivity contribution < 1.29 is 4.74 Å². The zero-order valence-corrected chi connectivity index (χ0v) is 11.5. The monoisotopic (exact) mass is 261 g/mol. The second kappa shape index (κ2) is 8.07. The molecule has 0 aromatic carbocycles. The van der Waals surface area contributed by atoms with Crippen LogP contribution < -0.4 is 5.32 Å². The van der Waals surface area contributed by atoms with Crippen LogP contribution in [-0.2, 0) is 4.74 Å². The van der Waals surface area contributed by atoms with E-state index in [1.807, 2.05) is 18.4 Å². The molecule has 1 unspecified atom stereocenters. The summed E-state index contributed by atoms with van der Waals surface area (Å²) in [6, 6.07) is 2.34. The summed E-state index contributed by atoms with van der Waals surface area (Å²) in [5, 5.41) is 6.40. The van der Waals surface area contributed by atoms with Crippen molar-refractivity contribution in [2.75, 3.05) is 19.8 Å². The lowest BCUT2D eigenvalue weighted by Crippen LogP contribution is -2.20. The maximum atomic E-state index is 6.15. The van der Waals surface area contributed by atoms with Gasteiger partial charge in [-0.25, -0.2) is 0 Å². The molecule has 0 radical (unpaired) electrons. The first-order valence-corrected chi connectivity index (χ1v) is 7.09. The molecule has 92 valence electrons. The van der Waals surface area contributed by atoms with Crippen LogP contribution in [0, 0.1) is 0 Å². The summed E-state index contributed by atoms with van der Waals surface area (Å²) < 4.78 is 5.35. The van der Waals surface area contributed by atoms with Gasteiger partial charge in [-0.15, -0.1) is 11.3 Å². The molecule has 0 saturated carbocycles. The van der Waals surface area contributed by atoms with E-state index in [9.17, 15) is 0 Å². The lowest BCUT2D eigenvalue weighted by molar-refractivity contribution is 0.141. The highest BCUT2D eigenvalue weighted by atomic mass is 35.5. The third-order valence-corrected chi connectivity index (χ3v) is 3.87. The van der Waals surface area contributed by atoms with E-state index >= 15 is 0 Å². The Morgan fingerprint density at radius 3 is 2.88 bits per heavy atom. The SMILES string of the molecule is CCNC(CCCOCC)c1sccc1Cl. The van der Waals surface area contributed by atoms with Crippen molar-refractivity contribution in [1.29, 1.82) is 0 Å². The molecule has 16 heavy (non-hydrogen) atoms. The second-order valence-corrected chi connectivity index (χ2v) is 4.94. The minimum atomic E-state index is 0.373. The molecule has 0 spiro atoms. The zero-order valence-electron chi connectivity index (χ0n) is 9.96. The Kier molecular flexibility index (Phi) is 7.05. The molecular formula is C12H20ClNOS. The fourth-order valence-electron chi connectivity index (χ4n) is 1.66. The molecule has 1 aromatic heterocycles. The number of halogens is 1. The molecule has 0 saturated heterocycles. The number of hydrogen-bond acceptors (Lipinski definition) is 3. The first kappa shape index (κ1) is 14.0. The van der Waals surface area contributed by atoms with Crippen LogP contribution in [0.15, 0.2) is 11.4 Å². The minimum absolute atomic E-state index is 0.373. The quantitative estimate of drug-likeness (QED) is 0.718. The van der Waals surface area contributed by atoms with Gasteiger partial charge in [-0.2, -0.15) is 0 Å². The summed E-state index contributed by atoms with van der Waals surface area (Å²) in [6.07, 6.45) is 2.15. The number of nitrogens with one attached hydrogen (secondary N) is 1. The van der Waals surface area contributed by atoms with Crippen LogP contribution in [0.25, 0.3) is 0 Å². The fraction of sp³-hybridized carbons (Fsp3) is 0.667. The molecule has 1 N–H and O–H groups in total. The smallest absolute Gasteiger partial charge is 0.0561 e. The third kappa shape index (κ3) is 4.42. The van der Waals surface area contributed by atoms with Crippen LogP contribution in [-0.4, -0.2) is 19.8 Å². The molecule has 0 fully saturated rings. The van der Waals surface area contributed by atoms with Gasteiger partial charge in [0.1, 0.15) is 0 Å². The topological polar surface area (TPSA) is 21.3 Å². The van der Waals surface area contributed by atoms with Crippen LogP contribution in [0.3, 0.4) is 0 Å². The van der Waals surface area contributed by atoms with Gasteiger partial charge < -0.3 is 10.1 Å². The Bertz CT molecular complexity index is 290. The number of thiophene rings is 1. The summed E-state index contributed by atoms with van der Waals surface area (Å²) >= 11 is 7.88. The lowest BCUT2D eigenvalue weighted by Gasteiger charge is -2.16. The molecule has 1 aromatic rings. The van der Waals surface area contributed by atoms with Crippen molar-refractivity contribution in [2.45, 2.75) is 32.7 Å². The predicted molar refractivity (Wildman–Crippen MR) is 71.5 cm³/mol. The van der Waals surface area contributed by atoms with Crippen LogP contribution in [0.5, 0.6) is 0 Å².